The maximum absolute atomic E-state index is 13.4. The van der Waals surface area contributed by atoms with Crippen LogP contribution in [-0.2, 0) is 0 Å². The van der Waals surface area contributed by atoms with Gasteiger partial charge >= 0.3 is 0 Å². The fourth-order valence-electron chi connectivity index (χ4n) is 1.24. The zero-order chi connectivity index (χ0) is 13.5. The zero-order valence-corrected chi connectivity index (χ0v) is 11.0. The van der Waals surface area contributed by atoms with Crippen molar-refractivity contribution in [3.8, 4) is 5.88 Å². The molecule has 0 aliphatic carbocycles. The van der Waals surface area contributed by atoms with Crippen molar-refractivity contribution in [3.05, 3.63) is 17.7 Å². The van der Waals surface area contributed by atoms with E-state index in [9.17, 15) is 8.78 Å². The molecule has 0 aliphatic heterocycles. The maximum Gasteiger partial charge on any atom is 0.252 e. The number of pyridine rings is 1. The maximum atomic E-state index is 13.4. The Morgan fingerprint density at radius 2 is 2.06 bits per heavy atom. The minimum atomic E-state index is -0.784. The van der Waals surface area contributed by atoms with Crippen LogP contribution in [0, 0.1) is 11.6 Å². The average Bonchev–Trinajstić information content (AvgIpc) is 2.30. The van der Waals surface area contributed by atoms with E-state index >= 15 is 0 Å². The largest absolute Gasteiger partial charge is 0.474 e. The Bertz CT molecular complexity index is 386. The van der Waals surface area contributed by atoms with Gasteiger partial charge in [-0.3, -0.25) is 0 Å². The number of ether oxygens (including phenoxy) is 1. The molecule has 18 heavy (non-hydrogen) atoms. The Balaban J connectivity index is 2.71. The molecule has 0 aromatic carbocycles. The summed E-state index contributed by atoms with van der Waals surface area (Å²) in [5, 5.41) is 2.79. The summed E-state index contributed by atoms with van der Waals surface area (Å²) in [6, 6.07) is 0.788. The lowest BCUT2D eigenvalue weighted by atomic mass is 10.4. The van der Waals surface area contributed by atoms with Crippen LogP contribution in [0.4, 0.5) is 14.6 Å². The van der Waals surface area contributed by atoms with Crippen LogP contribution >= 0.6 is 0 Å². The second kappa shape index (κ2) is 7.10. The van der Waals surface area contributed by atoms with Crippen LogP contribution in [0.2, 0.25) is 0 Å². The SMILES string of the molecule is CCCNc1nc(OCCN(C)C)c(F)cc1F. The molecule has 1 aromatic heterocycles. The molecule has 1 rings (SSSR count). The fourth-order valence-corrected chi connectivity index (χ4v) is 1.24. The van der Waals surface area contributed by atoms with E-state index in [2.05, 4.69) is 10.3 Å². The second-order valence-electron chi connectivity index (χ2n) is 4.18. The van der Waals surface area contributed by atoms with E-state index in [4.69, 9.17) is 4.74 Å². The van der Waals surface area contributed by atoms with Crippen LogP contribution in [0.15, 0.2) is 6.07 Å². The van der Waals surface area contributed by atoms with E-state index in [0.717, 1.165) is 12.5 Å². The Labute approximate surface area is 106 Å². The third-order valence-corrected chi connectivity index (χ3v) is 2.22. The van der Waals surface area contributed by atoms with Crippen LogP contribution in [0.3, 0.4) is 0 Å². The number of rotatable bonds is 7. The summed E-state index contributed by atoms with van der Waals surface area (Å²) < 4.78 is 32.0. The van der Waals surface area contributed by atoms with Crippen molar-refractivity contribution in [2.75, 3.05) is 39.1 Å². The van der Waals surface area contributed by atoms with Crippen LogP contribution < -0.4 is 10.1 Å². The van der Waals surface area contributed by atoms with Gasteiger partial charge in [-0.2, -0.15) is 4.98 Å². The molecule has 0 bridgehead atoms. The predicted octanol–water partition coefficient (Wildman–Crippen LogP) is 2.12. The fraction of sp³-hybridized carbons (Fsp3) is 0.583. The molecule has 0 saturated carbocycles. The molecule has 0 atom stereocenters. The van der Waals surface area contributed by atoms with Crippen molar-refractivity contribution >= 4 is 5.82 Å². The van der Waals surface area contributed by atoms with Gasteiger partial charge in [0.15, 0.2) is 17.5 Å². The van der Waals surface area contributed by atoms with Crippen LogP contribution in [-0.4, -0.2) is 43.7 Å². The Hall–Kier alpha value is -1.43. The molecule has 1 N–H and O–H groups in total. The number of anilines is 1. The van der Waals surface area contributed by atoms with Gasteiger partial charge in [0.25, 0.3) is 5.88 Å². The molecule has 1 aromatic rings. The number of nitrogens with one attached hydrogen (secondary N) is 1. The summed E-state index contributed by atoms with van der Waals surface area (Å²) in [6.07, 6.45) is 0.829. The van der Waals surface area contributed by atoms with Gasteiger partial charge in [-0.25, -0.2) is 8.78 Å². The molecular weight excluding hydrogens is 240 g/mol. The zero-order valence-electron chi connectivity index (χ0n) is 11.0. The molecule has 6 heteroatoms. The third kappa shape index (κ3) is 4.44. The summed E-state index contributed by atoms with van der Waals surface area (Å²) in [5.74, 6) is -1.64. The third-order valence-electron chi connectivity index (χ3n) is 2.22. The highest BCUT2D eigenvalue weighted by Crippen LogP contribution is 2.20. The molecular formula is C12H19F2N3O. The predicted molar refractivity (Wildman–Crippen MR) is 67.0 cm³/mol. The van der Waals surface area contributed by atoms with Crippen molar-refractivity contribution in [3.63, 3.8) is 0 Å². The van der Waals surface area contributed by atoms with Gasteiger partial charge in [-0.05, 0) is 20.5 Å². The molecule has 1 heterocycles. The first-order chi connectivity index (χ1) is 8.54. The minimum absolute atomic E-state index is 0.0260. The number of hydrogen-bond acceptors (Lipinski definition) is 4. The van der Waals surface area contributed by atoms with Crippen LogP contribution in [0.1, 0.15) is 13.3 Å². The van der Waals surface area contributed by atoms with Crippen molar-refractivity contribution < 1.29 is 13.5 Å². The van der Waals surface area contributed by atoms with E-state index < -0.39 is 11.6 Å². The number of likely N-dealkylation sites (N-methyl/N-ethyl adjacent to an activating group) is 1. The van der Waals surface area contributed by atoms with E-state index in [1.807, 2.05) is 25.9 Å². The van der Waals surface area contributed by atoms with Gasteiger partial charge in [-0.1, -0.05) is 6.92 Å². The topological polar surface area (TPSA) is 37.4 Å². The Kier molecular flexibility index (Phi) is 5.77. The molecule has 0 radical (unpaired) electrons. The van der Waals surface area contributed by atoms with E-state index in [1.165, 1.54) is 0 Å². The molecule has 0 amide bonds. The Morgan fingerprint density at radius 3 is 2.67 bits per heavy atom. The summed E-state index contributed by atoms with van der Waals surface area (Å²) >= 11 is 0. The van der Waals surface area contributed by atoms with Crippen molar-refractivity contribution in [1.82, 2.24) is 9.88 Å². The highest BCUT2D eigenvalue weighted by Gasteiger charge is 2.12. The first-order valence-corrected chi connectivity index (χ1v) is 5.92. The number of halogens is 2. The lowest BCUT2D eigenvalue weighted by molar-refractivity contribution is 0.243. The number of aromatic nitrogens is 1. The van der Waals surface area contributed by atoms with Gasteiger partial charge < -0.3 is 15.0 Å². The van der Waals surface area contributed by atoms with Crippen LogP contribution in [0.5, 0.6) is 5.88 Å². The highest BCUT2D eigenvalue weighted by molar-refractivity contribution is 5.39. The second-order valence-corrected chi connectivity index (χ2v) is 4.18. The van der Waals surface area contributed by atoms with Gasteiger partial charge in [0.2, 0.25) is 0 Å². The van der Waals surface area contributed by atoms with Gasteiger partial charge in [-0.15, -0.1) is 0 Å². The molecule has 0 aliphatic rings. The van der Waals surface area contributed by atoms with E-state index in [-0.39, 0.29) is 11.7 Å². The lowest BCUT2D eigenvalue weighted by Gasteiger charge is -2.12. The van der Waals surface area contributed by atoms with Crippen molar-refractivity contribution in [2.45, 2.75) is 13.3 Å². The number of nitrogens with zero attached hydrogens (tertiary/aromatic N) is 2. The summed E-state index contributed by atoms with van der Waals surface area (Å²) in [5.41, 5.74) is 0. The summed E-state index contributed by atoms with van der Waals surface area (Å²) in [4.78, 5) is 5.70. The molecule has 0 unspecified atom stereocenters. The minimum Gasteiger partial charge on any atom is -0.474 e. The Morgan fingerprint density at radius 1 is 1.33 bits per heavy atom. The van der Waals surface area contributed by atoms with Crippen molar-refractivity contribution in [1.29, 1.82) is 0 Å². The standard InChI is InChI=1S/C12H19F2N3O/c1-4-5-15-11-9(13)8-10(14)12(16-11)18-7-6-17(2)3/h8H,4-7H2,1-3H3,(H,15,16). The molecule has 4 nitrogen and oxygen atoms in total. The normalized spacial score (nSPS) is 10.8. The molecule has 0 saturated heterocycles. The quantitative estimate of drug-likeness (QED) is 0.814. The monoisotopic (exact) mass is 259 g/mol. The van der Waals surface area contributed by atoms with Crippen LogP contribution in [0.25, 0.3) is 0 Å². The number of hydrogen-bond donors (Lipinski definition) is 1. The first kappa shape index (κ1) is 14.6. The molecule has 0 spiro atoms. The average molecular weight is 259 g/mol. The van der Waals surface area contributed by atoms with Gasteiger partial charge in [0, 0.05) is 19.2 Å². The van der Waals surface area contributed by atoms with E-state index in [1.54, 1.807) is 0 Å². The summed E-state index contributed by atoms with van der Waals surface area (Å²) in [7, 11) is 3.76. The van der Waals surface area contributed by atoms with Gasteiger partial charge in [0.1, 0.15) is 6.61 Å². The molecule has 102 valence electrons. The smallest absolute Gasteiger partial charge is 0.252 e. The highest BCUT2D eigenvalue weighted by atomic mass is 19.1. The van der Waals surface area contributed by atoms with Crippen molar-refractivity contribution in [2.24, 2.45) is 0 Å². The van der Waals surface area contributed by atoms with Gasteiger partial charge in [0.05, 0.1) is 0 Å². The first-order valence-electron chi connectivity index (χ1n) is 5.92. The summed E-state index contributed by atoms with van der Waals surface area (Å²) in [6.45, 7) is 3.46. The van der Waals surface area contributed by atoms with E-state index in [0.29, 0.717) is 19.7 Å². The molecule has 0 fully saturated rings. The lowest BCUT2D eigenvalue weighted by Crippen LogP contribution is -2.20.